The van der Waals surface area contributed by atoms with Crippen LogP contribution in [0.5, 0.6) is 0 Å². The van der Waals surface area contributed by atoms with E-state index >= 15 is 0 Å². The highest BCUT2D eigenvalue weighted by Crippen LogP contribution is 2.39. The van der Waals surface area contributed by atoms with Crippen molar-refractivity contribution >= 4 is 10.9 Å². The molecule has 0 spiro atoms. The summed E-state index contributed by atoms with van der Waals surface area (Å²) >= 11 is 0. The number of hydrogen-bond acceptors (Lipinski definition) is 1. The molecule has 3 rings (SSSR count). The number of nitrogens with zero attached hydrogens (tertiary/aromatic N) is 1. The van der Waals surface area contributed by atoms with Gasteiger partial charge < -0.3 is 9.88 Å². The summed E-state index contributed by atoms with van der Waals surface area (Å²) < 4.78 is 0. The van der Waals surface area contributed by atoms with Crippen molar-refractivity contribution in [3.63, 3.8) is 0 Å². The molecule has 0 fully saturated rings. The quantitative estimate of drug-likeness (QED) is 0.809. The number of aromatic nitrogens is 1. The van der Waals surface area contributed by atoms with Gasteiger partial charge in [-0.15, -0.1) is 6.58 Å². The first-order valence-electron chi connectivity index (χ1n) is 6.94. The predicted octanol–water partition coefficient (Wildman–Crippen LogP) is 3.76. The summed E-state index contributed by atoms with van der Waals surface area (Å²) in [5.41, 5.74) is 5.62. The van der Waals surface area contributed by atoms with E-state index in [0.29, 0.717) is 0 Å². The van der Waals surface area contributed by atoms with Crippen LogP contribution in [0, 0.1) is 6.92 Å². The highest BCUT2D eigenvalue weighted by Gasteiger charge is 2.35. The van der Waals surface area contributed by atoms with Gasteiger partial charge >= 0.3 is 0 Å². The van der Waals surface area contributed by atoms with Crippen molar-refractivity contribution in [1.82, 2.24) is 9.88 Å². The molecule has 2 heteroatoms. The Morgan fingerprint density at radius 1 is 1.47 bits per heavy atom. The van der Waals surface area contributed by atoms with Gasteiger partial charge in [-0.3, -0.25) is 0 Å². The molecule has 2 aromatic rings. The molecule has 0 amide bonds. The zero-order chi connectivity index (χ0) is 13.6. The zero-order valence-corrected chi connectivity index (χ0v) is 12.1. The Hall–Kier alpha value is -1.54. The first-order valence-corrected chi connectivity index (χ1v) is 6.94. The maximum atomic E-state index is 3.93. The Labute approximate surface area is 115 Å². The van der Waals surface area contributed by atoms with Gasteiger partial charge in [-0.05, 0) is 38.1 Å². The Morgan fingerprint density at radius 2 is 2.26 bits per heavy atom. The van der Waals surface area contributed by atoms with Crippen LogP contribution in [-0.2, 0) is 12.0 Å². The molecule has 0 radical (unpaired) electrons. The second kappa shape index (κ2) is 4.24. The topological polar surface area (TPSA) is 19.0 Å². The first kappa shape index (κ1) is 12.5. The molecule has 2 heterocycles. The fourth-order valence-corrected chi connectivity index (χ4v) is 3.53. The predicted molar refractivity (Wildman–Crippen MR) is 81.5 cm³/mol. The van der Waals surface area contributed by atoms with Crippen molar-refractivity contribution in [2.75, 3.05) is 13.6 Å². The van der Waals surface area contributed by atoms with E-state index in [1.807, 2.05) is 6.08 Å². The van der Waals surface area contributed by atoms with Crippen LogP contribution < -0.4 is 0 Å². The first-order chi connectivity index (χ1) is 9.03. The molecule has 19 heavy (non-hydrogen) atoms. The summed E-state index contributed by atoms with van der Waals surface area (Å²) in [6.45, 7) is 10.5. The third-order valence-corrected chi connectivity index (χ3v) is 4.31. The van der Waals surface area contributed by atoms with E-state index in [1.165, 1.54) is 27.7 Å². The molecular weight excluding hydrogens is 232 g/mol. The lowest BCUT2D eigenvalue weighted by Gasteiger charge is -2.38. The fraction of sp³-hybridized carbons (Fsp3) is 0.412. The number of fused-ring (bicyclic) bond motifs is 3. The SMILES string of the molecule is C=CC[C@@]1(C)CN(C)Cc2c1[nH]c1ccc(C)cc21. The van der Waals surface area contributed by atoms with E-state index in [9.17, 15) is 0 Å². The van der Waals surface area contributed by atoms with Crippen molar-refractivity contribution in [2.24, 2.45) is 0 Å². The van der Waals surface area contributed by atoms with E-state index < -0.39 is 0 Å². The molecule has 0 saturated heterocycles. The summed E-state index contributed by atoms with van der Waals surface area (Å²) in [6, 6.07) is 6.69. The number of H-pyrrole nitrogens is 1. The minimum absolute atomic E-state index is 0.150. The molecule has 2 nitrogen and oxygen atoms in total. The molecular formula is C17H22N2. The summed E-state index contributed by atoms with van der Waals surface area (Å²) in [5, 5.41) is 1.39. The fourth-order valence-electron chi connectivity index (χ4n) is 3.53. The van der Waals surface area contributed by atoms with E-state index in [4.69, 9.17) is 0 Å². The third kappa shape index (κ3) is 1.91. The van der Waals surface area contributed by atoms with Crippen LogP contribution in [-0.4, -0.2) is 23.5 Å². The van der Waals surface area contributed by atoms with Gasteiger partial charge in [-0.1, -0.05) is 24.6 Å². The average Bonchev–Trinajstić information content (AvgIpc) is 2.68. The largest absolute Gasteiger partial charge is 0.358 e. The number of rotatable bonds is 2. The van der Waals surface area contributed by atoms with Gasteiger partial charge in [-0.25, -0.2) is 0 Å². The van der Waals surface area contributed by atoms with Gasteiger partial charge in [-0.2, -0.15) is 0 Å². The van der Waals surface area contributed by atoms with Crippen LogP contribution in [0.2, 0.25) is 0 Å². The second-order valence-electron chi connectivity index (χ2n) is 6.25. The van der Waals surface area contributed by atoms with Gasteiger partial charge in [0.15, 0.2) is 0 Å². The van der Waals surface area contributed by atoms with Crippen molar-refractivity contribution in [3.8, 4) is 0 Å². The van der Waals surface area contributed by atoms with Crippen LogP contribution in [0.4, 0.5) is 0 Å². The summed E-state index contributed by atoms with van der Waals surface area (Å²) in [4.78, 5) is 6.08. The van der Waals surface area contributed by atoms with Crippen LogP contribution >= 0.6 is 0 Å². The number of aromatic amines is 1. The highest BCUT2D eigenvalue weighted by atomic mass is 15.1. The van der Waals surface area contributed by atoms with Gasteiger partial charge in [0.2, 0.25) is 0 Å². The van der Waals surface area contributed by atoms with E-state index in [-0.39, 0.29) is 5.41 Å². The van der Waals surface area contributed by atoms with Crippen LogP contribution in [0.15, 0.2) is 30.9 Å². The lowest BCUT2D eigenvalue weighted by atomic mass is 9.78. The normalized spacial score (nSPS) is 23.5. The Bertz CT molecular complexity index is 638. The van der Waals surface area contributed by atoms with E-state index in [2.05, 4.69) is 55.6 Å². The molecule has 1 aromatic carbocycles. The van der Waals surface area contributed by atoms with E-state index in [0.717, 1.165) is 19.5 Å². The molecule has 1 aliphatic heterocycles. The van der Waals surface area contributed by atoms with Crippen molar-refractivity contribution in [2.45, 2.75) is 32.2 Å². The Balaban J connectivity index is 2.25. The Kier molecular flexibility index (Phi) is 2.79. The molecule has 0 saturated carbocycles. The lowest BCUT2D eigenvalue weighted by molar-refractivity contribution is 0.222. The van der Waals surface area contributed by atoms with Gasteiger partial charge in [0.25, 0.3) is 0 Å². The smallest absolute Gasteiger partial charge is 0.0459 e. The van der Waals surface area contributed by atoms with Crippen molar-refractivity contribution in [1.29, 1.82) is 0 Å². The van der Waals surface area contributed by atoms with Crippen molar-refractivity contribution in [3.05, 3.63) is 47.7 Å². The highest BCUT2D eigenvalue weighted by molar-refractivity contribution is 5.86. The number of allylic oxidation sites excluding steroid dienone is 1. The average molecular weight is 254 g/mol. The second-order valence-corrected chi connectivity index (χ2v) is 6.25. The van der Waals surface area contributed by atoms with Gasteiger partial charge in [0.1, 0.15) is 0 Å². The third-order valence-electron chi connectivity index (χ3n) is 4.31. The lowest BCUT2D eigenvalue weighted by Crippen LogP contribution is -2.41. The molecule has 1 N–H and O–H groups in total. The molecule has 100 valence electrons. The number of aryl methyl sites for hydroxylation is 1. The zero-order valence-electron chi connectivity index (χ0n) is 12.1. The number of benzene rings is 1. The molecule has 0 aliphatic carbocycles. The standard InChI is InChI=1S/C17H22N2/c1-5-8-17(3)11-19(4)10-14-13-9-12(2)6-7-15(13)18-16(14)17/h5-7,9,18H,1,8,10-11H2,2-4H3/t17-/m0/s1. The number of nitrogens with one attached hydrogen (secondary N) is 1. The monoisotopic (exact) mass is 254 g/mol. The molecule has 0 unspecified atom stereocenters. The molecule has 1 atom stereocenters. The van der Waals surface area contributed by atoms with Gasteiger partial charge in [0, 0.05) is 35.1 Å². The van der Waals surface area contributed by atoms with Crippen molar-refractivity contribution < 1.29 is 0 Å². The van der Waals surface area contributed by atoms with E-state index in [1.54, 1.807) is 0 Å². The maximum Gasteiger partial charge on any atom is 0.0459 e. The Morgan fingerprint density at radius 3 is 3.00 bits per heavy atom. The van der Waals surface area contributed by atoms with Crippen LogP contribution in [0.1, 0.15) is 30.2 Å². The van der Waals surface area contributed by atoms with Crippen LogP contribution in [0.3, 0.4) is 0 Å². The minimum Gasteiger partial charge on any atom is -0.358 e. The summed E-state index contributed by atoms with van der Waals surface area (Å²) in [7, 11) is 2.21. The molecule has 1 aliphatic rings. The summed E-state index contributed by atoms with van der Waals surface area (Å²) in [6.07, 6.45) is 3.05. The van der Waals surface area contributed by atoms with Crippen LogP contribution in [0.25, 0.3) is 10.9 Å². The minimum atomic E-state index is 0.150. The number of likely N-dealkylation sites (N-methyl/N-ethyl adjacent to an activating group) is 1. The number of hydrogen-bond donors (Lipinski definition) is 1. The van der Waals surface area contributed by atoms with Gasteiger partial charge in [0.05, 0.1) is 0 Å². The molecule has 1 aromatic heterocycles. The maximum absolute atomic E-state index is 3.93. The summed E-state index contributed by atoms with van der Waals surface area (Å²) in [5.74, 6) is 0. The molecule has 0 bridgehead atoms.